The van der Waals surface area contributed by atoms with Crippen molar-refractivity contribution in [3.63, 3.8) is 0 Å². The molecule has 66 valence electrons. The van der Waals surface area contributed by atoms with Gasteiger partial charge in [-0.2, -0.15) is 0 Å². The Balaban J connectivity index is 0.000000720. The number of hydrogen-bond donors (Lipinski definition) is 0. The molecule has 0 N–H and O–H groups in total. The molecule has 0 nitrogen and oxygen atoms in total. The third kappa shape index (κ3) is 3.80. The molecule has 0 amide bonds. The van der Waals surface area contributed by atoms with E-state index in [1.807, 2.05) is 0 Å². The van der Waals surface area contributed by atoms with Crippen LogP contribution in [0.1, 0.15) is 0 Å². The first-order valence-electron chi connectivity index (χ1n) is 4.00. The fraction of sp³-hybridized carbons (Fsp3) is 0.182. The van der Waals surface area contributed by atoms with E-state index in [9.17, 15) is 0 Å². The summed E-state index contributed by atoms with van der Waals surface area (Å²) in [6.07, 6.45) is 19.6. The van der Waals surface area contributed by atoms with Crippen molar-refractivity contribution in [2.75, 3.05) is 0 Å². The zero-order chi connectivity index (χ0) is 7.52. The van der Waals surface area contributed by atoms with Crippen LogP contribution in [0.4, 0.5) is 0 Å². The second kappa shape index (κ2) is 6.58. The van der Waals surface area contributed by atoms with Crippen molar-refractivity contribution in [2.24, 2.45) is 11.8 Å². The first-order chi connectivity index (χ1) is 5.45. The van der Waals surface area contributed by atoms with E-state index in [0.29, 0.717) is 11.8 Å². The summed E-state index contributed by atoms with van der Waals surface area (Å²) in [6, 6.07) is 0. The van der Waals surface area contributed by atoms with Gasteiger partial charge in [0.15, 0.2) is 0 Å². The summed E-state index contributed by atoms with van der Waals surface area (Å²) in [5.41, 5.74) is 0. The smallest absolute Gasteiger partial charge is 1.00 e. The van der Waals surface area contributed by atoms with E-state index < -0.39 is 0 Å². The van der Waals surface area contributed by atoms with Gasteiger partial charge in [0, 0.05) is 0 Å². The van der Waals surface area contributed by atoms with Crippen LogP contribution in [0.5, 0.6) is 0 Å². The van der Waals surface area contributed by atoms with Crippen molar-refractivity contribution in [2.45, 2.75) is 0 Å². The third-order valence-electron chi connectivity index (χ3n) is 2.00. The van der Waals surface area contributed by atoms with Crippen LogP contribution in [0.3, 0.4) is 0 Å². The number of hydrogen-bond acceptors (Lipinski definition) is 0. The van der Waals surface area contributed by atoms with E-state index >= 15 is 0 Å². The first kappa shape index (κ1) is 13.2. The van der Waals surface area contributed by atoms with Gasteiger partial charge in [-0.05, 0) is 0 Å². The van der Waals surface area contributed by atoms with Crippen molar-refractivity contribution in [1.82, 2.24) is 0 Å². The van der Waals surface area contributed by atoms with Crippen molar-refractivity contribution < 1.29 is 38.7 Å². The van der Waals surface area contributed by atoms with Crippen LogP contribution in [0, 0.1) is 18.3 Å². The molecule has 0 saturated carbocycles. The molecule has 0 bridgehead atoms. The quantitative estimate of drug-likeness (QED) is 0.477. The molecule has 0 aromatic carbocycles. The molecule has 0 saturated heterocycles. The van der Waals surface area contributed by atoms with E-state index in [4.69, 9.17) is 0 Å². The summed E-state index contributed by atoms with van der Waals surface area (Å²) in [5, 5.41) is 0. The van der Waals surface area contributed by atoms with Crippen molar-refractivity contribution >= 4 is 0 Å². The van der Waals surface area contributed by atoms with Crippen LogP contribution in [-0.2, 0) is 21.7 Å². The number of rotatable bonds is 2. The van der Waals surface area contributed by atoms with Gasteiger partial charge in [-0.15, -0.1) is 36.1 Å². The van der Waals surface area contributed by atoms with Crippen LogP contribution in [-0.4, -0.2) is 0 Å². The van der Waals surface area contributed by atoms with Gasteiger partial charge in [-0.3, -0.25) is 0 Å². The van der Waals surface area contributed by atoms with Gasteiger partial charge < -0.3 is 23.4 Å². The minimum atomic E-state index is 0. The molecule has 0 aliphatic heterocycles. The molecule has 0 spiro atoms. The molecule has 2 heteroatoms. The normalized spacial score (nSPS) is 19.1. The second-order valence-corrected chi connectivity index (χ2v) is 2.89. The minimum Gasteiger partial charge on any atom is -1.00 e. The summed E-state index contributed by atoms with van der Waals surface area (Å²) in [4.78, 5) is 0. The molecule has 2 aliphatic carbocycles. The standard InChI is InChI=1S/C11H11.BrH.Ti/c1-2-6-10(5-1)9-11-7-3-4-8-11;;/h1-11H;1H;/q-1;;+2/p-1. The average Bonchev–Trinajstić information content (AvgIpc) is 2.60. The maximum absolute atomic E-state index is 2.33. The van der Waals surface area contributed by atoms with Crippen molar-refractivity contribution in [3.8, 4) is 0 Å². The Hall–Kier alpha value is 0.154. The maximum atomic E-state index is 2.33. The fourth-order valence-electron chi connectivity index (χ4n) is 1.41. The largest absolute Gasteiger partial charge is 2.00 e. The molecule has 13 heavy (non-hydrogen) atoms. The Bertz CT molecular complexity index is 201. The van der Waals surface area contributed by atoms with Crippen LogP contribution in [0.2, 0.25) is 0 Å². The van der Waals surface area contributed by atoms with E-state index in [-0.39, 0.29) is 38.7 Å². The molecule has 0 aromatic heterocycles. The Morgan fingerprint density at radius 2 is 1.00 bits per heavy atom. The van der Waals surface area contributed by atoms with Crippen LogP contribution >= 0.6 is 0 Å². The topological polar surface area (TPSA) is 0 Å². The van der Waals surface area contributed by atoms with Gasteiger partial charge in [-0.25, -0.2) is 0 Å². The van der Waals surface area contributed by atoms with Gasteiger partial charge in [0.2, 0.25) is 0 Å². The van der Waals surface area contributed by atoms with Gasteiger partial charge >= 0.3 is 21.7 Å². The first-order valence-corrected chi connectivity index (χ1v) is 4.00. The molecule has 0 heterocycles. The van der Waals surface area contributed by atoms with E-state index in [0.717, 1.165) is 0 Å². The Labute approximate surface area is 105 Å². The molecular weight excluding hydrogens is 260 g/mol. The Morgan fingerprint density at radius 3 is 1.31 bits per heavy atom. The summed E-state index contributed by atoms with van der Waals surface area (Å²) in [6.45, 7) is 0. The molecule has 0 unspecified atom stereocenters. The van der Waals surface area contributed by atoms with Crippen LogP contribution in [0.25, 0.3) is 0 Å². The monoisotopic (exact) mass is 270 g/mol. The molecule has 2 rings (SSSR count). The summed E-state index contributed by atoms with van der Waals surface area (Å²) >= 11 is 0. The maximum Gasteiger partial charge on any atom is 2.00 e. The van der Waals surface area contributed by atoms with Crippen LogP contribution < -0.4 is 17.0 Å². The van der Waals surface area contributed by atoms with Crippen molar-refractivity contribution in [3.05, 3.63) is 55.0 Å². The fourth-order valence-corrected chi connectivity index (χ4v) is 1.41. The molecule has 0 radical (unpaired) electrons. The van der Waals surface area contributed by atoms with Gasteiger partial charge in [0.1, 0.15) is 0 Å². The van der Waals surface area contributed by atoms with E-state index in [2.05, 4.69) is 55.0 Å². The zero-order valence-corrected chi connectivity index (χ0v) is 10.4. The Kier molecular flexibility index (Phi) is 6.66. The minimum absolute atomic E-state index is 0. The average molecular weight is 271 g/mol. The molecule has 0 atom stereocenters. The molecule has 0 fully saturated rings. The number of allylic oxidation sites excluding steroid dienone is 8. The molecule has 0 aromatic rings. The molecule has 2 aliphatic rings. The van der Waals surface area contributed by atoms with Gasteiger partial charge in [0.25, 0.3) is 0 Å². The predicted octanol–water partition coefficient (Wildman–Crippen LogP) is -0.323. The summed E-state index contributed by atoms with van der Waals surface area (Å²) in [5.74, 6) is 1.10. The summed E-state index contributed by atoms with van der Waals surface area (Å²) < 4.78 is 0. The second-order valence-electron chi connectivity index (χ2n) is 2.89. The Morgan fingerprint density at radius 1 is 0.692 bits per heavy atom. The summed E-state index contributed by atoms with van der Waals surface area (Å²) in [7, 11) is 0. The van der Waals surface area contributed by atoms with Crippen molar-refractivity contribution in [1.29, 1.82) is 0 Å². The van der Waals surface area contributed by atoms with Gasteiger partial charge in [0.05, 0.1) is 0 Å². The van der Waals surface area contributed by atoms with Crippen LogP contribution in [0.15, 0.2) is 48.6 Å². The predicted molar refractivity (Wildman–Crippen MR) is 47.8 cm³/mol. The SMILES string of the molecule is C1=CC([CH-]C2C=CC=C2)C=C1.[Br-].[Ti+2]. The zero-order valence-electron chi connectivity index (χ0n) is 7.23. The van der Waals surface area contributed by atoms with E-state index in [1.165, 1.54) is 0 Å². The van der Waals surface area contributed by atoms with E-state index in [1.54, 1.807) is 0 Å². The number of halogens is 1. The third-order valence-corrected chi connectivity index (χ3v) is 2.00. The molecular formula is C11H11BrTi. The van der Waals surface area contributed by atoms with Gasteiger partial charge in [-0.1, -0.05) is 24.3 Å².